The van der Waals surface area contributed by atoms with E-state index >= 15 is 0 Å². The van der Waals surface area contributed by atoms with E-state index in [1.807, 2.05) is 10.8 Å². The Hall–Kier alpha value is -0.970. The Morgan fingerprint density at radius 1 is 1.19 bits per heavy atom. The molecule has 0 spiro atoms. The van der Waals surface area contributed by atoms with E-state index in [1.54, 1.807) is 6.07 Å². The van der Waals surface area contributed by atoms with Crippen molar-refractivity contribution < 1.29 is 8.78 Å². The third-order valence-corrected chi connectivity index (χ3v) is 2.92. The lowest BCUT2D eigenvalue weighted by Gasteiger charge is -2.11. The first kappa shape index (κ1) is 13.1. The number of nitrogens with two attached hydrogens (primary N) is 1. The van der Waals surface area contributed by atoms with Crippen molar-refractivity contribution in [2.75, 3.05) is 0 Å². The number of rotatable bonds is 2. The van der Waals surface area contributed by atoms with Crippen LogP contribution >= 0.6 is 23.7 Å². The van der Waals surface area contributed by atoms with Gasteiger partial charge < -0.3 is 5.73 Å². The molecule has 1 aromatic carbocycles. The van der Waals surface area contributed by atoms with E-state index in [-0.39, 0.29) is 18.0 Å². The summed E-state index contributed by atoms with van der Waals surface area (Å²) < 4.78 is 26.3. The van der Waals surface area contributed by atoms with Gasteiger partial charge in [0.25, 0.3) is 0 Å². The summed E-state index contributed by atoms with van der Waals surface area (Å²) in [5, 5.41) is 3.68. The summed E-state index contributed by atoms with van der Waals surface area (Å²) in [5.74, 6) is -1.73. The highest BCUT2D eigenvalue weighted by molar-refractivity contribution is 7.08. The summed E-state index contributed by atoms with van der Waals surface area (Å²) in [7, 11) is 0. The zero-order chi connectivity index (χ0) is 10.8. The predicted molar refractivity (Wildman–Crippen MR) is 64.0 cm³/mol. The topological polar surface area (TPSA) is 26.0 Å². The van der Waals surface area contributed by atoms with Crippen molar-refractivity contribution >= 4 is 23.7 Å². The fourth-order valence-corrected chi connectivity index (χ4v) is 2.09. The maximum atomic E-state index is 13.4. The highest BCUT2D eigenvalue weighted by Crippen LogP contribution is 2.24. The van der Waals surface area contributed by atoms with Crippen LogP contribution < -0.4 is 5.73 Å². The van der Waals surface area contributed by atoms with Gasteiger partial charge in [0.15, 0.2) is 11.6 Å². The highest BCUT2D eigenvalue weighted by Gasteiger charge is 2.16. The van der Waals surface area contributed by atoms with Gasteiger partial charge in [-0.2, -0.15) is 11.3 Å². The van der Waals surface area contributed by atoms with Gasteiger partial charge in [0.1, 0.15) is 0 Å². The molecule has 2 rings (SSSR count). The lowest BCUT2D eigenvalue weighted by molar-refractivity contribution is 0.494. The van der Waals surface area contributed by atoms with E-state index in [0.29, 0.717) is 0 Å². The minimum absolute atomic E-state index is 0. The normalized spacial score (nSPS) is 11.9. The molecule has 0 aliphatic rings. The second kappa shape index (κ2) is 5.39. The first-order valence-corrected chi connectivity index (χ1v) is 5.36. The number of halogens is 3. The molecule has 0 saturated heterocycles. The van der Waals surface area contributed by atoms with E-state index in [2.05, 4.69) is 0 Å². The number of thiophene rings is 1. The Bertz CT molecular complexity index is 459. The third-order valence-electron chi connectivity index (χ3n) is 2.22. The maximum absolute atomic E-state index is 13.4. The van der Waals surface area contributed by atoms with Crippen molar-refractivity contribution in [3.8, 4) is 0 Å². The summed E-state index contributed by atoms with van der Waals surface area (Å²) in [6, 6.07) is 5.24. The molecule has 0 unspecified atom stereocenters. The van der Waals surface area contributed by atoms with E-state index in [4.69, 9.17) is 5.73 Å². The Morgan fingerprint density at radius 2 is 1.94 bits per heavy atom. The molecule has 2 N–H and O–H groups in total. The van der Waals surface area contributed by atoms with Gasteiger partial charge in [-0.05, 0) is 28.5 Å². The van der Waals surface area contributed by atoms with Crippen molar-refractivity contribution in [3.05, 3.63) is 57.8 Å². The van der Waals surface area contributed by atoms with Gasteiger partial charge in [-0.3, -0.25) is 0 Å². The zero-order valence-electron chi connectivity index (χ0n) is 8.19. The van der Waals surface area contributed by atoms with Crippen LogP contribution in [0.2, 0.25) is 0 Å². The summed E-state index contributed by atoms with van der Waals surface area (Å²) >= 11 is 1.48. The van der Waals surface area contributed by atoms with Crippen LogP contribution in [0.15, 0.2) is 35.0 Å². The van der Waals surface area contributed by atoms with Gasteiger partial charge in [0.2, 0.25) is 0 Å². The van der Waals surface area contributed by atoms with Crippen LogP contribution in [0.1, 0.15) is 17.2 Å². The Labute approximate surface area is 102 Å². The lowest BCUT2D eigenvalue weighted by Crippen LogP contribution is -2.13. The molecule has 1 heterocycles. The standard InChI is InChI=1S/C11H9F2NS.ClH/c12-9-3-1-2-8(10(9)13)11(14)7-4-5-15-6-7;/h1-6,11H,14H2;1H/t11-;/m0./s1. The quantitative estimate of drug-likeness (QED) is 0.880. The largest absolute Gasteiger partial charge is 0.320 e. The summed E-state index contributed by atoms with van der Waals surface area (Å²) in [5.41, 5.74) is 6.81. The van der Waals surface area contributed by atoms with Crippen LogP contribution in [-0.4, -0.2) is 0 Å². The molecule has 1 atom stereocenters. The lowest BCUT2D eigenvalue weighted by atomic mass is 10.0. The molecule has 0 fully saturated rings. The van der Waals surface area contributed by atoms with Crippen molar-refractivity contribution in [3.63, 3.8) is 0 Å². The second-order valence-electron chi connectivity index (χ2n) is 3.18. The average molecular weight is 262 g/mol. The minimum atomic E-state index is -0.865. The monoisotopic (exact) mass is 261 g/mol. The van der Waals surface area contributed by atoms with Crippen LogP contribution in [0.3, 0.4) is 0 Å². The van der Waals surface area contributed by atoms with E-state index < -0.39 is 17.7 Å². The predicted octanol–water partition coefficient (Wildman–Crippen LogP) is 3.50. The van der Waals surface area contributed by atoms with Crippen LogP contribution in [0.25, 0.3) is 0 Å². The number of hydrogen-bond acceptors (Lipinski definition) is 2. The van der Waals surface area contributed by atoms with Crippen molar-refractivity contribution in [1.29, 1.82) is 0 Å². The second-order valence-corrected chi connectivity index (χ2v) is 3.96. The zero-order valence-corrected chi connectivity index (χ0v) is 9.82. The molecule has 16 heavy (non-hydrogen) atoms. The first-order chi connectivity index (χ1) is 7.20. The van der Waals surface area contributed by atoms with Crippen molar-refractivity contribution in [2.45, 2.75) is 6.04 Å². The van der Waals surface area contributed by atoms with Crippen molar-refractivity contribution in [1.82, 2.24) is 0 Å². The first-order valence-electron chi connectivity index (χ1n) is 4.41. The molecule has 1 nitrogen and oxygen atoms in total. The van der Waals surface area contributed by atoms with Crippen LogP contribution in [0, 0.1) is 11.6 Å². The minimum Gasteiger partial charge on any atom is -0.320 e. The molecule has 0 radical (unpaired) electrons. The van der Waals surface area contributed by atoms with Gasteiger partial charge in [-0.1, -0.05) is 12.1 Å². The third kappa shape index (κ3) is 2.40. The Morgan fingerprint density at radius 3 is 2.56 bits per heavy atom. The number of benzene rings is 1. The SMILES string of the molecule is Cl.N[C@@H](c1ccsc1)c1cccc(F)c1F. The molecule has 5 heteroatoms. The van der Waals surface area contributed by atoms with E-state index in [9.17, 15) is 8.78 Å². The molecule has 0 saturated carbocycles. The molecule has 0 aliphatic carbocycles. The maximum Gasteiger partial charge on any atom is 0.163 e. The van der Waals surface area contributed by atoms with Gasteiger partial charge in [0.05, 0.1) is 6.04 Å². The molecule has 0 bridgehead atoms. The van der Waals surface area contributed by atoms with Gasteiger partial charge in [-0.25, -0.2) is 8.78 Å². The fourth-order valence-electron chi connectivity index (χ4n) is 1.39. The Balaban J connectivity index is 0.00000128. The van der Waals surface area contributed by atoms with Crippen LogP contribution in [0.4, 0.5) is 8.78 Å². The van der Waals surface area contributed by atoms with Crippen LogP contribution in [0.5, 0.6) is 0 Å². The molecule has 0 aliphatic heterocycles. The molecule has 1 aromatic heterocycles. The van der Waals surface area contributed by atoms with Gasteiger partial charge in [0, 0.05) is 5.56 Å². The number of hydrogen-bond donors (Lipinski definition) is 1. The molecular weight excluding hydrogens is 252 g/mol. The van der Waals surface area contributed by atoms with E-state index in [0.717, 1.165) is 11.6 Å². The molecule has 86 valence electrons. The Kier molecular flexibility index (Phi) is 4.41. The fraction of sp³-hybridized carbons (Fsp3) is 0.0909. The van der Waals surface area contributed by atoms with Crippen molar-refractivity contribution in [2.24, 2.45) is 5.73 Å². The molecular formula is C11H10ClF2NS. The van der Waals surface area contributed by atoms with E-state index in [1.165, 1.54) is 23.5 Å². The summed E-state index contributed by atoms with van der Waals surface area (Å²) in [6.07, 6.45) is 0. The summed E-state index contributed by atoms with van der Waals surface area (Å²) in [6.45, 7) is 0. The van der Waals surface area contributed by atoms with Crippen LogP contribution in [-0.2, 0) is 0 Å². The van der Waals surface area contributed by atoms with Gasteiger partial charge >= 0.3 is 0 Å². The molecule has 0 amide bonds. The average Bonchev–Trinajstić information content (AvgIpc) is 2.74. The van der Waals surface area contributed by atoms with Gasteiger partial charge in [-0.15, -0.1) is 12.4 Å². The smallest absolute Gasteiger partial charge is 0.163 e. The summed E-state index contributed by atoms with van der Waals surface area (Å²) in [4.78, 5) is 0. The highest BCUT2D eigenvalue weighted by atomic mass is 35.5. The molecule has 2 aromatic rings.